The summed E-state index contributed by atoms with van der Waals surface area (Å²) >= 11 is 0. The van der Waals surface area contributed by atoms with Crippen LogP contribution in [0.3, 0.4) is 0 Å². The van der Waals surface area contributed by atoms with Gasteiger partial charge < -0.3 is 16.0 Å². The van der Waals surface area contributed by atoms with Gasteiger partial charge in [0, 0.05) is 30.8 Å². The molecule has 1 aliphatic heterocycles. The molecule has 1 aromatic rings. The molecule has 1 unspecified atom stereocenters. The Morgan fingerprint density at radius 3 is 2.85 bits per heavy atom. The lowest BCUT2D eigenvalue weighted by Crippen LogP contribution is -2.25. The normalized spacial score (nSPS) is 17.4. The molecule has 20 heavy (non-hydrogen) atoms. The van der Waals surface area contributed by atoms with Crippen molar-refractivity contribution in [3.63, 3.8) is 0 Å². The number of amides is 3. The van der Waals surface area contributed by atoms with Crippen LogP contribution in [0, 0.1) is 5.92 Å². The molecule has 106 valence electrons. The molecule has 1 saturated heterocycles. The van der Waals surface area contributed by atoms with E-state index in [2.05, 4.69) is 16.0 Å². The maximum Gasteiger partial charge on any atom is 0.251 e. The van der Waals surface area contributed by atoms with Gasteiger partial charge in [-0.05, 0) is 25.1 Å². The Morgan fingerprint density at radius 2 is 2.20 bits per heavy atom. The Labute approximate surface area is 116 Å². The van der Waals surface area contributed by atoms with Crippen molar-refractivity contribution >= 4 is 23.4 Å². The summed E-state index contributed by atoms with van der Waals surface area (Å²) < 4.78 is 0. The third-order valence-electron chi connectivity index (χ3n) is 3.08. The topological polar surface area (TPSA) is 87.3 Å². The van der Waals surface area contributed by atoms with Gasteiger partial charge in [-0.3, -0.25) is 14.4 Å². The SMILES string of the molecule is CCNC(=O)c1cccc(NC(=O)C2CNC(=O)C2)c1. The van der Waals surface area contributed by atoms with E-state index in [9.17, 15) is 14.4 Å². The van der Waals surface area contributed by atoms with Crippen molar-refractivity contribution in [3.05, 3.63) is 29.8 Å². The van der Waals surface area contributed by atoms with E-state index < -0.39 is 0 Å². The molecular formula is C14H17N3O3. The molecule has 2 rings (SSSR count). The predicted octanol–water partition coefficient (Wildman–Crippen LogP) is 0.511. The molecule has 0 saturated carbocycles. The van der Waals surface area contributed by atoms with Gasteiger partial charge in [-0.25, -0.2) is 0 Å². The summed E-state index contributed by atoms with van der Waals surface area (Å²) in [7, 11) is 0. The highest BCUT2D eigenvalue weighted by Gasteiger charge is 2.27. The minimum atomic E-state index is -0.351. The van der Waals surface area contributed by atoms with Crippen molar-refractivity contribution in [1.82, 2.24) is 10.6 Å². The van der Waals surface area contributed by atoms with Gasteiger partial charge in [-0.2, -0.15) is 0 Å². The summed E-state index contributed by atoms with van der Waals surface area (Å²) in [4.78, 5) is 34.7. The van der Waals surface area contributed by atoms with Gasteiger partial charge >= 0.3 is 0 Å². The molecule has 0 radical (unpaired) electrons. The number of anilines is 1. The summed E-state index contributed by atoms with van der Waals surface area (Å²) in [5.41, 5.74) is 1.04. The smallest absolute Gasteiger partial charge is 0.251 e. The van der Waals surface area contributed by atoms with Gasteiger partial charge in [-0.15, -0.1) is 0 Å². The largest absolute Gasteiger partial charge is 0.355 e. The molecule has 0 spiro atoms. The van der Waals surface area contributed by atoms with Gasteiger partial charge in [0.2, 0.25) is 11.8 Å². The molecule has 3 amide bonds. The van der Waals surface area contributed by atoms with Gasteiger partial charge in [0.15, 0.2) is 0 Å². The van der Waals surface area contributed by atoms with Crippen LogP contribution in [0.2, 0.25) is 0 Å². The summed E-state index contributed by atoms with van der Waals surface area (Å²) in [6.07, 6.45) is 0.210. The lowest BCUT2D eigenvalue weighted by molar-refractivity contribution is -0.123. The fourth-order valence-corrected chi connectivity index (χ4v) is 2.04. The van der Waals surface area contributed by atoms with Crippen molar-refractivity contribution in [2.24, 2.45) is 5.92 Å². The second-order valence-corrected chi connectivity index (χ2v) is 4.63. The molecule has 6 nitrogen and oxygen atoms in total. The molecule has 1 atom stereocenters. The Bertz CT molecular complexity index is 542. The number of rotatable bonds is 4. The minimum absolute atomic E-state index is 0.110. The molecule has 1 aromatic carbocycles. The van der Waals surface area contributed by atoms with Crippen LogP contribution in [0.4, 0.5) is 5.69 Å². The lowest BCUT2D eigenvalue weighted by Gasteiger charge is -2.10. The van der Waals surface area contributed by atoms with E-state index in [1.165, 1.54) is 0 Å². The highest BCUT2D eigenvalue weighted by Crippen LogP contribution is 2.15. The number of hydrogen-bond acceptors (Lipinski definition) is 3. The Hall–Kier alpha value is -2.37. The first-order chi connectivity index (χ1) is 9.60. The molecule has 6 heteroatoms. The van der Waals surface area contributed by atoms with Gasteiger partial charge in [0.1, 0.15) is 0 Å². The van der Waals surface area contributed by atoms with E-state index in [-0.39, 0.29) is 30.1 Å². The first-order valence-electron chi connectivity index (χ1n) is 6.56. The van der Waals surface area contributed by atoms with E-state index in [1.54, 1.807) is 24.3 Å². The monoisotopic (exact) mass is 275 g/mol. The Kier molecular flexibility index (Phi) is 4.34. The van der Waals surface area contributed by atoms with Crippen molar-refractivity contribution < 1.29 is 14.4 Å². The summed E-state index contributed by atoms with van der Waals surface area (Å²) in [5.74, 6) is -0.852. The summed E-state index contributed by atoms with van der Waals surface area (Å²) in [6, 6.07) is 6.72. The van der Waals surface area contributed by atoms with Crippen molar-refractivity contribution in [2.45, 2.75) is 13.3 Å². The van der Waals surface area contributed by atoms with Crippen molar-refractivity contribution in [3.8, 4) is 0 Å². The maximum absolute atomic E-state index is 12.0. The van der Waals surface area contributed by atoms with Gasteiger partial charge in [0.05, 0.1) is 5.92 Å². The quantitative estimate of drug-likeness (QED) is 0.748. The van der Waals surface area contributed by atoms with Crippen LogP contribution in [-0.4, -0.2) is 30.8 Å². The number of carbonyl (C=O) groups excluding carboxylic acids is 3. The second kappa shape index (κ2) is 6.18. The van der Waals surface area contributed by atoms with Gasteiger partial charge in [0.25, 0.3) is 5.91 Å². The van der Waals surface area contributed by atoms with Gasteiger partial charge in [-0.1, -0.05) is 6.07 Å². The number of benzene rings is 1. The van der Waals surface area contributed by atoms with Crippen LogP contribution in [0.5, 0.6) is 0 Å². The zero-order valence-corrected chi connectivity index (χ0v) is 11.2. The molecule has 0 aliphatic carbocycles. The molecular weight excluding hydrogens is 258 g/mol. The Morgan fingerprint density at radius 1 is 1.40 bits per heavy atom. The zero-order chi connectivity index (χ0) is 14.5. The lowest BCUT2D eigenvalue weighted by atomic mass is 10.1. The van der Waals surface area contributed by atoms with Crippen LogP contribution in [-0.2, 0) is 9.59 Å². The van der Waals surface area contributed by atoms with Crippen molar-refractivity contribution in [1.29, 1.82) is 0 Å². The molecule has 0 aromatic heterocycles. The second-order valence-electron chi connectivity index (χ2n) is 4.63. The van der Waals surface area contributed by atoms with Crippen LogP contribution in [0.25, 0.3) is 0 Å². The average molecular weight is 275 g/mol. The predicted molar refractivity (Wildman–Crippen MR) is 74.2 cm³/mol. The molecule has 0 bridgehead atoms. The summed E-state index contributed by atoms with van der Waals surface area (Å²) in [6.45, 7) is 2.75. The Balaban J connectivity index is 2.02. The number of carbonyl (C=O) groups is 3. The fraction of sp³-hybridized carbons (Fsp3) is 0.357. The first kappa shape index (κ1) is 14.0. The summed E-state index contributed by atoms with van der Waals surface area (Å²) in [5, 5.41) is 8.05. The van der Waals surface area contributed by atoms with E-state index in [0.29, 0.717) is 24.3 Å². The average Bonchev–Trinajstić information content (AvgIpc) is 2.86. The van der Waals surface area contributed by atoms with E-state index in [1.807, 2.05) is 6.92 Å². The third kappa shape index (κ3) is 3.34. The maximum atomic E-state index is 12.0. The zero-order valence-electron chi connectivity index (χ0n) is 11.2. The van der Waals surface area contributed by atoms with E-state index >= 15 is 0 Å². The molecule has 1 fully saturated rings. The highest BCUT2D eigenvalue weighted by molar-refractivity contribution is 5.99. The molecule has 1 heterocycles. The van der Waals surface area contributed by atoms with E-state index in [0.717, 1.165) is 0 Å². The van der Waals surface area contributed by atoms with Crippen LogP contribution in [0.1, 0.15) is 23.7 Å². The highest BCUT2D eigenvalue weighted by atomic mass is 16.2. The third-order valence-corrected chi connectivity index (χ3v) is 3.08. The minimum Gasteiger partial charge on any atom is -0.355 e. The van der Waals surface area contributed by atoms with Crippen LogP contribution in [0.15, 0.2) is 24.3 Å². The van der Waals surface area contributed by atoms with Crippen LogP contribution < -0.4 is 16.0 Å². The van der Waals surface area contributed by atoms with Crippen LogP contribution >= 0.6 is 0 Å². The van der Waals surface area contributed by atoms with E-state index in [4.69, 9.17) is 0 Å². The standard InChI is InChI=1S/C14H17N3O3/c1-2-15-13(19)9-4-3-5-11(6-9)17-14(20)10-7-12(18)16-8-10/h3-6,10H,2,7-8H2,1H3,(H,15,19)(H,16,18)(H,17,20). The number of hydrogen-bond donors (Lipinski definition) is 3. The van der Waals surface area contributed by atoms with Crippen molar-refractivity contribution in [2.75, 3.05) is 18.4 Å². The number of nitrogens with one attached hydrogen (secondary N) is 3. The fourth-order valence-electron chi connectivity index (χ4n) is 2.04. The molecule has 3 N–H and O–H groups in total. The first-order valence-corrected chi connectivity index (χ1v) is 6.56. The molecule has 1 aliphatic rings.